The van der Waals surface area contributed by atoms with Crippen molar-refractivity contribution in [3.8, 4) is 11.3 Å². The van der Waals surface area contributed by atoms with Crippen molar-refractivity contribution < 1.29 is 18.7 Å². The molecule has 7 nitrogen and oxygen atoms in total. The smallest absolute Gasteiger partial charge is 0.304 e. The van der Waals surface area contributed by atoms with Gasteiger partial charge in [0.25, 0.3) is 5.91 Å². The third-order valence-electron chi connectivity index (χ3n) is 5.77. The molecule has 0 aliphatic rings. The van der Waals surface area contributed by atoms with E-state index in [1.54, 1.807) is 12.3 Å². The van der Waals surface area contributed by atoms with Crippen LogP contribution in [-0.4, -0.2) is 45.0 Å². The molecule has 2 aromatic heterocycles. The lowest BCUT2D eigenvalue weighted by Gasteiger charge is -2.22. The zero-order valence-corrected chi connectivity index (χ0v) is 19.3. The largest absolute Gasteiger partial charge is 0.444 e. The van der Waals surface area contributed by atoms with Gasteiger partial charge in [0.15, 0.2) is 12.4 Å². The predicted molar refractivity (Wildman–Crippen MR) is 127 cm³/mol. The summed E-state index contributed by atoms with van der Waals surface area (Å²) in [6.07, 6.45) is 5.22. The van der Waals surface area contributed by atoms with Crippen LogP contribution in [0.4, 0.5) is 4.39 Å². The Bertz CT molecular complexity index is 1370. The Morgan fingerprint density at radius 2 is 1.85 bits per heavy atom. The Morgan fingerprint density at radius 1 is 1.06 bits per heavy atom. The van der Waals surface area contributed by atoms with Gasteiger partial charge >= 0.3 is 5.97 Å². The second kappa shape index (κ2) is 9.82. The minimum atomic E-state index is -0.500. The van der Waals surface area contributed by atoms with Crippen LogP contribution in [0.25, 0.3) is 22.2 Å². The molecule has 1 amide bonds. The molecule has 4 aromatic rings. The fourth-order valence-electron chi connectivity index (χ4n) is 3.75. The van der Waals surface area contributed by atoms with Gasteiger partial charge in [-0.25, -0.2) is 9.37 Å². The molecule has 8 heteroatoms. The van der Waals surface area contributed by atoms with Crippen molar-refractivity contribution in [3.63, 3.8) is 0 Å². The lowest BCUT2D eigenvalue weighted by atomic mass is 10.0. The van der Waals surface area contributed by atoms with Crippen molar-refractivity contribution in [1.82, 2.24) is 19.9 Å². The molecule has 0 spiro atoms. The first-order chi connectivity index (χ1) is 16.3. The maximum Gasteiger partial charge on any atom is 0.304 e. The highest BCUT2D eigenvalue weighted by atomic mass is 19.1. The van der Waals surface area contributed by atoms with Crippen molar-refractivity contribution >= 4 is 22.8 Å². The molecule has 0 fully saturated rings. The van der Waals surface area contributed by atoms with E-state index in [2.05, 4.69) is 15.0 Å². The number of aryl methyl sites for hydroxylation is 2. The fraction of sp³-hybridized carbons (Fsp3) is 0.231. The van der Waals surface area contributed by atoms with Gasteiger partial charge in [-0.2, -0.15) is 0 Å². The van der Waals surface area contributed by atoms with Gasteiger partial charge < -0.3 is 14.6 Å². The summed E-state index contributed by atoms with van der Waals surface area (Å²) in [5, 5.41) is 0.746. The molecule has 34 heavy (non-hydrogen) atoms. The highest BCUT2D eigenvalue weighted by molar-refractivity contribution is 5.98. The molecule has 4 rings (SSSR count). The average molecular weight is 461 g/mol. The molecule has 0 bridgehead atoms. The number of esters is 1. The molecule has 0 saturated carbocycles. The molecular formula is C26H25FN4O3. The number of H-pyrrole nitrogens is 1. The number of rotatable bonds is 7. The van der Waals surface area contributed by atoms with Crippen LogP contribution in [0, 0.1) is 19.7 Å². The van der Waals surface area contributed by atoms with Gasteiger partial charge in [-0.3, -0.25) is 14.6 Å². The number of nitrogens with zero attached hydrogens (tertiary/aromatic N) is 3. The molecule has 1 N–H and O–H groups in total. The Balaban J connectivity index is 1.63. The summed E-state index contributed by atoms with van der Waals surface area (Å²) in [6, 6.07) is 10.4. The van der Waals surface area contributed by atoms with Crippen molar-refractivity contribution in [2.45, 2.75) is 27.2 Å². The van der Waals surface area contributed by atoms with Crippen LogP contribution >= 0.6 is 0 Å². The number of hydrogen-bond acceptors (Lipinski definition) is 5. The maximum atomic E-state index is 13.8. The Morgan fingerprint density at radius 3 is 2.62 bits per heavy atom. The standard InChI is InChI=1S/C26H25FN4O3/c1-16-4-5-19(12-17(16)2)24-25(29-10-9-28-24)26(33)31(15-34-18(3)32)11-8-20-14-30-23-7-6-21(27)13-22(20)23/h4-7,9-10,12-14,30H,8,11,15H2,1-3H3. The normalized spacial score (nSPS) is 10.9. The number of carbonyl (C=O) groups excluding carboxylic acids is 2. The zero-order valence-electron chi connectivity index (χ0n) is 19.3. The lowest BCUT2D eigenvalue weighted by Crippen LogP contribution is -2.36. The molecule has 2 aromatic carbocycles. The molecule has 0 atom stereocenters. The van der Waals surface area contributed by atoms with E-state index in [9.17, 15) is 14.0 Å². The number of halogens is 1. The molecule has 2 heterocycles. The van der Waals surface area contributed by atoms with Gasteiger partial charge in [0.2, 0.25) is 0 Å². The Labute approximate surface area is 196 Å². The van der Waals surface area contributed by atoms with E-state index in [1.165, 1.54) is 36.4 Å². The van der Waals surface area contributed by atoms with Gasteiger partial charge in [0, 0.05) is 48.5 Å². The maximum absolute atomic E-state index is 13.8. The quantitative estimate of drug-likeness (QED) is 0.322. The number of aromatic amines is 1. The van der Waals surface area contributed by atoms with Crippen LogP contribution in [0.2, 0.25) is 0 Å². The van der Waals surface area contributed by atoms with Gasteiger partial charge in [0.1, 0.15) is 11.5 Å². The van der Waals surface area contributed by atoms with E-state index in [0.717, 1.165) is 33.2 Å². The first-order valence-corrected chi connectivity index (χ1v) is 10.9. The predicted octanol–water partition coefficient (Wildman–Crippen LogP) is 4.59. The second-order valence-electron chi connectivity index (χ2n) is 8.14. The lowest BCUT2D eigenvalue weighted by molar-refractivity contribution is -0.144. The summed E-state index contributed by atoms with van der Waals surface area (Å²) in [7, 11) is 0. The summed E-state index contributed by atoms with van der Waals surface area (Å²) in [5.74, 6) is -1.24. The second-order valence-corrected chi connectivity index (χ2v) is 8.14. The number of nitrogens with one attached hydrogen (secondary N) is 1. The van der Waals surface area contributed by atoms with Crippen LogP contribution in [-0.2, 0) is 16.0 Å². The molecular weight excluding hydrogens is 435 g/mol. The molecule has 0 unspecified atom stereocenters. The van der Waals surface area contributed by atoms with E-state index in [0.29, 0.717) is 12.1 Å². The van der Waals surface area contributed by atoms with Gasteiger partial charge in [0.05, 0.1) is 0 Å². The first kappa shape index (κ1) is 23.1. The molecule has 0 saturated heterocycles. The summed E-state index contributed by atoms with van der Waals surface area (Å²) in [6.45, 7) is 5.30. The van der Waals surface area contributed by atoms with Crippen molar-refractivity contribution in [2.75, 3.05) is 13.3 Å². The Hall–Kier alpha value is -4.07. The molecule has 174 valence electrons. The van der Waals surface area contributed by atoms with Gasteiger partial charge in [-0.05, 0) is 61.2 Å². The van der Waals surface area contributed by atoms with Crippen molar-refractivity contribution in [2.24, 2.45) is 0 Å². The minimum absolute atomic E-state index is 0.169. The number of amides is 1. The number of fused-ring (bicyclic) bond motifs is 1. The fourth-order valence-corrected chi connectivity index (χ4v) is 3.75. The van der Waals surface area contributed by atoms with E-state index in [4.69, 9.17) is 4.74 Å². The van der Waals surface area contributed by atoms with Crippen LogP contribution in [0.1, 0.15) is 34.1 Å². The summed E-state index contributed by atoms with van der Waals surface area (Å²) in [4.78, 5) is 38.3. The monoisotopic (exact) mass is 460 g/mol. The number of aromatic nitrogens is 3. The minimum Gasteiger partial charge on any atom is -0.444 e. The number of hydrogen-bond donors (Lipinski definition) is 1. The highest BCUT2D eigenvalue weighted by Gasteiger charge is 2.23. The summed E-state index contributed by atoms with van der Waals surface area (Å²) < 4.78 is 18.9. The van der Waals surface area contributed by atoms with Gasteiger partial charge in [-0.1, -0.05) is 12.1 Å². The van der Waals surface area contributed by atoms with Crippen LogP contribution in [0.15, 0.2) is 55.0 Å². The zero-order chi connectivity index (χ0) is 24.2. The van der Waals surface area contributed by atoms with E-state index < -0.39 is 11.9 Å². The molecule has 0 radical (unpaired) electrons. The van der Waals surface area contributed by atoms with E-state index in [-0.39, 0.29) is 24.8 Å². The SMILES string of the molecule is CC(=O)OCN(CCc1c[nH]c2ccc(F)cc12)C(=O)c1nccnc1-c1ccc(C)c(C)c1. The summed E-state index contributed by atoms with van der Waals surface area (Å²) >= 11 is 0. The molecule has 0 aliphatic heterocycles. The van der Waals surface area contributed by atoms with Gasteiger partial charge in [-0.15, -0.1) is 0 Å². The average Bonchev–Trinajstić information content (AvgIpc) is 3.22. The third-order valence-corrected chi connectivity index (χ3v) is 5.77. The van der Waals surface area contributed by atoms with Crippen molar-refractivity contribution in [3.05, 3.63) is 83.2 Å². The summed E-state index contributed by atoms with van der Waals surface area (Å²) in [5.41, 5.74) is 5.26. The van der Waals surface area contributed by atoms with E-state index >= 15 is 0 Å². The number of carbonyl (C=O) groups is 2. The topological polar surface area (TPSA) is 88.2 Å². The van der Waals surface area contributed by atoms with E-state index in [1.807, 2.05) is 32.0 Å². The van der Waals surface area contributed by atoms with Crippen LogP contribution < -0.4 is 0 Å². The Kier molecular flexibility index (Phi) is 6.67. The van der Waals surface area contributed by atoms with Crippen molar-refractivity contribution in [1.29, 1.82) is 0 Å². The molecule has 0 aliphatic carbocycles. The van der Waals surface area contributed by atoms with Crippen LogP contribution in [0.5, 0.6) is 0 Å². The van der Waals surface area contributed by atoms with Crippen LogP contribution in [0.3, 0.4) is 0 Å². The number of ether oxygens (including phenoxy) is 1. The first-order valence-electron chi connectivity index (χ1n) is 10.9. The highest BCUT2D eigenvalue weighted by Crippen LogP contribution is 2.24. The third kappa shape index (κ3) is 4.96. The number of benzene rings is 2.